The number of nitrogens with one attached hydrogen (secondary N) is 1. The zero-order valence-corrected chi connectivity index (χ0v) is 11.6. The second kappa shape index (κ2) is 4.36. The van der Waals surface area contributed by atoms with Crippen LogP contribution in [0.5, 0.6) is 5.75 Å². The van der Waals surface area contributed by atoms with E-state index in [0.717, 1.165) is 22.7 Å². The Bertz CT molecular complexity index is 499. The third-order valence-electron chi connectivity index (χ3n) is 1.93. The summed E-state index contributed by atoms with van der Waals surface area (Å²) >= 11 is 2.02. The number of anilines is 1. The van der Waals surface area contributed by atoms with Crippen molar-refractivity contribution in [3.63, 3.8) is 0 Å². The number of sulfonamides is 1. The monoisotopic (exact) mass is 354 g/mol. The van der Waals surface area contributed by atoms with Gasteiger partial charge in [0.15, 0.2) is 5.82 Å². The van der Waals surface area contributed by atoms with E-state index in [1.54, 1.807) is 6.07 Å². The van der Waals surface area contributed by atoms with Crippen LogP contribution < -0.4 is 9.46 Å². The zero-order valence-electron chi connectivity index (χ0n) is 8.60. The van der Waals surface area contributed by atoms with Crippen LogP contribution in [0.15, 0.2) is 12.3 Å². The molecule has 1 aliphatic carbocycles. The first-order chi connectivity index (χ1) is 7.44. The average Bonchev–Trinajstić information content (AvgIpc) is 2.92. The van der Waals surface area contributed by atoms with Crippen molar-refractivity contribution in [2.75, 3.05) is 11.0 Å². The molecule has 1 aliphatic rings. The lowest BCUT2D eigenvalue weighted by Gasteiger charge is -2.08. The van der Waals surface area contributed by atoms with E-state index in [9.17, 15) is 8.42 Å². The Kier molecular flexibility index (Phi) is 3.24. The first-order valence-corrected chi connectivity index (χ1v) is 7.71. The molecule has 1 heterocycles. The first-order valence-electron chi connectivity index (χ1n) is 4.74. The van der Waals surface area contributed by atoms with Gasteiger partial charge in [0.1, 0.15) is 5.75 Å². The molecule has 0 radical (unpaired) electrons. The number of nitrogens with zero attached hydrogens (tertiary/aromatic N) is 1. The largest absolute Gasteiger partial charge is 0.489 e. The van der Waals surface area contributed by atoms with Gasteiger partial charge in [-0.25, -0.2) is 13.4 Å². The summed E-state index contributed by atoms with van der Waals surface area (Å²) in [7, 11) is -3.28. The fraction of sp³-hybridized carbons (Fsp3) is 0.444. The Morgan fingerprint density at radius 2 is 2.25 bits per heavy atom. The van der Waals surface area contributed by atoms with Gasteiger partial charge in [0.25, 0.3) is 0 Å². The molecule has 1 fully saturated rings. The zero-order chi connectivity index (χ0) is 11.8. The van der Waals surface area contributed by atoms with E-state index in [1.807, 2.05) is 22.6 Å². The van der Waals surface area contributed by atoms with Crippen molar-refractivity contribution in [2.45, 2.75) is 18.9 Å². The van der Waals surface area contributed by atoms with Crippen molar-refractivity contribution in [1.82, 2.24) is 4.98 Å². The normalized spacial score (nSPS) is 15.9. The SMILES string of the molecule is CS(=O)(=O)Nc1ncc(OC2CC2)cc1I. The van der Waals surface area contributed by atoms with Crippen LogP contribution in [-0.4, -0.2) is 25.8 Å². The second-order valence-corrected chi connectivity index (χ2v) is 6.60. The van der Waals surface area contributed by atoms with Crippen molar-refractivity contribution in [3.8, 4) is 5.75 Å². The Hall–Kier alpha value is -0.570. The summed E-state index contributed by atoms with van der Waals surface area (Å²) in [4.78, 5) is 4.02. The van der Waals surface area contributed by atoms with E-state index in [2.05, 4.69) is 9.71 Å². The van der Waals surface area contributed by atoms with Gasteiger partial charge in [-0.1, -0.05) is 0 Å². The van der Waals surface area contributed by atoms with E-state index >= 15 is 0 Å². The maximum atomic E-state index is 11.0. The number of halogens is 1. The summed E-state index contributed by atoms with van der Waals surface area (Å²) in [5.74, 6) is 1.03. The highest BCUT2D eigenvalue weighted by molar-refractivity contribution is 14.1. The van der Waals surface area contributed by atoms with Crippen LogP contribution in [0.4, 0.5) is 5.82 Å². The molecule has 0 aromatic carbocycles. The predicted octanol–water partition coefficient (Wildman–Crippen LogP) is 1.60. The molecule has 1 aromatic rings. The Balaban J connectivity index is 2.15. The molecule has 2 rings (SSSR count). The van der Waals surface area contributed by atoms with Crippen molar-refractivity contribution in [3.05, 3.63) is 15.8 Å². The van der Waals surface area contributed by atoms with Gasteiger partial charge in [-0.2, -0.15) is 0 Å². The van der Waals surface area contributed by atoms with Gasteiger partial charge in [-0.3, -0.25) is 4.72 Å². The molecule has 0 unspecified atom stereocenters. The van der Waals surface area contributed by atoms with Crippen molar-refractivity contribution < 1.29 is 13.2 Å². The lowest BCUT2D eigenvalue weighted by atomic mass is 10.4. The standard InChI is InChI=1S/C9H11IN2O3S/c1-16(13,14)12-9-8(10)4-7(5-11-9)15-6-2-3-6/h4-6H,2-3H2,1H3,(H,11,12). The molecule has 1 N–H and O–H groups in total. The molecule has 1 saturated carbocycles. The molecular formula is C9H11IN2O3S. The molecule has 7 heteroatoms. The number of aromatic nitrogens is 1. The maximum absolute atomic E-state index is 11.0. The minimum atomic E-state index is -3.28. The smallest absolute Gasteiger partial charge is 0.231 e. The first kappa shape index (κ1) is 11.9. The van der Waals surface area contributed by atoms with Crippen LogP contribution in [0.2, 0.25) is 0 Å². The van der Waals surface area contributed by atoms with Crippen LogP contribution in [0.3, 0.4) is 0 Å². The van der Waals surface area contributed by atoms with Crippen LogP contribution >= 0.6 is 22.6 Å². The maximum Gasteiger partial charge on any atom is 0.231 e. The van der Waals surface area contributed by atoms with Crippen molar-refractivity contribution in [2.24, 2.45) is 0 Å². The molecule has 0 amide bonds. The fourth-order valence-electron chi connectivity index (χ4n) is 1.11. The van der Waals surface area contributed by atoms with Gasteiger partial charge in [0.05, 0.1) is 22.1 Å². The van der Waals surface area contributed by atoms with Crippen LogP contribution in [-0.2, 0) is 10.0 Å². The molecule has 0 aliphatic heterocycles. The Morgan fingerprint density at radius 1 is 1.56 bits per heavy atom. The van der Waals surface area contributed by atoms with E-state index in [0.29, 0.717) is 17.7 Å². The summed E-state index contributed by atoms with van der Waals surface area (Å²) in [6, 6.07) is 1.78. The third kappa shape index (κ3) is 3.48. The molecule has 0 saturated heterocycles. The fourth-order valence-corrected chi connectivity index (χ4v) is 2.39. The van der Waals surface area contributed by atoms with Gasteiger partial charge in [0, 0.05) is 0 Å². The predicted molar refractivity (Wildman–Crippen MR) is 69.1 cm³/mol. The lowest BCUT2D eigenvalue weighted by molar-refractivity contribution is 0.302. The van der Waals surface area contributed by atoms with Gasteiger partial charge in [-0.15, -0.1) is 0 Å². The quantitative estimate of drug-likeness (QED) is 0.834. The molecule has 5 nitrogen and oxygen atoms in total. The number of hydrogen-bond acceptors (Lipinski definition) is 4. The van der Waals surface area contributed by atoms with E-state index in [4.69, 9.17) is 4.74 Å². The van der Waals surface area contributed by atoms with E-state index in [1.165, 1.54) is 6.20 Å². The van der Waals surface area contributed by atoms with E-state index < -0.39 is 10.0 Å². The van der Waals surface area contributed by atoms with Crippen LogP contribution in [0, 0.1) is 3.57 Å². The van der Waals surface area contributed by atoms with Crippen LogP contribution in [0.1, 0.15) is 12.8 Å². The summed E-state index contributed by atoms with van der Waals surface area (Å²) in [6.07, 6.45) is 5.11. The molecule has 0 atom stereocenters. The number of pyridine rings is 1. The second-order valence-electron chi connectivity index (χ2n) is 3.69. The molecule has 0 bridgehead atoms. The van der Waals surface area contributed by atoms with Gasteiger partial charge >= 0.3 is 0 Å². The van der Waals surface area contributed by atoms with Crippen molar-refractivity contribution in [1.29, 1.82) is 0 Å². The highest BCUT2D eigenvalue weighted by atomic mass is 127. The molecule has 1 aromatic heterocycles. The minimum absolute atomic E-state index is 0.311. The average molecular weight is 354 g/mol. The molecule has 88 valence electrons. The minimum Gasteiger partial charge on any atom is -0.489 e. The number of ether oxygens (including phenoxy) is 1. The summed E-state index contributed by atoms with van der Waals surface area (Å²) in [6.45, 7) is 0. The van der Waals surface area contributed by atoms with Gasteiger partial charge in [0.2, 0.25) is 10.0 Å². The Labute approximate surface area is 108 Å². The number of hydrogen-bond donors (Lipinski definition) is 1. The van der Waals surface area contributed by atoms with E-state index in [-0.39, 0.29) is 0 Å². The number of rotatable bonds is 4. The topological polar surface area (TPSA) is 68.3 Å². The van der Waals surface area contributed by atoms with Gasteiger partial charge in [-0.05, 0) is 41.5 Å². The molecular weight excluding hydrogens is 343 g/mol. The highest BCUT2D eigenvalue weighted by Gasteiger charge is 2.23. The summed E-state index contributed by atoms with van der Waals surface area (Å²) in [5, 5.41) is 0. The third-order valence-corrected chi connectivity index (χ3v) is 3.31. The van der Waals surface area contributed by atoms with Gasteiger partial charge < -0.3 is 4.74 Å². The van der Waals surface area contributed by atoms with Crippen LogP contribution in [0.25, 0.3) is 0 Å². The highest BCUT2D eigenvalue weighted by Crippen LogP contribution is 2.28. The van der Waals surface area contributed by atoms with Crippen molar-refractivity contribution >= 4 is 38.4 Å². The Morgan fingerprint density at radius 3 is 2.75 bits per heavy atom. The molecule has 16 heavy (non-hydrogen) atoms. The summed E-state index contributed by atoms with van der Waals surface area (Å²) < 4.78 is 30.7. The lowest BCUT2D eigenvalue weighted by Crippen LogP contribution is -2.12. The summed E-state index contributed by atoms with van der Waals surface area (Å²) in [5.41, 5.74) is 0. The molecule has 0 spiro atoms.